The maximum atomic E-state index is 4.58. The largest absolute Gasteiger partial charge is 0.298 e. The summed E-state index contributed by atoms with van der Waals surface area (Å²) >= 11 is 0. The highest BCUT2D eigenvalue weighted by Gasteiger charge is 2.15. The van der Waals surface area contributed by atoms with Crippen molar-refractivity contribution in [2.45, 2.75) is 65.4 Å². The summed E-state index contributed by atoms with van der Waals surface area (Å²) in [4.78, 5) is 27.9. The average Bonchev–Trinajstić information content (AvgIpc) is 3.02. The Morgan fingerprint density at radius 2 is 0.630 bits per heavy atom. The maximum absolute atomic E-state index is 4.58. The zero-order chi connectivity index (χ0) is 31.3. The highest BCUT2D eigenvalue weighted by molar-refractivity contribution is 5.26. The molecule has 234 valence electrons. The lowest BCUT2D eigenvalue weighted by Gasteiger charge is -2.26. The fourth-order valence-corrected chi connectivity index (χ4v) is 6.85. The van der Waals surface area contributed by atoms with Crippen LogP contribution in [0.5, 0.6) is 0 Å². The molecule has 2 aliphatic rings. The van der Waals surface area contributed by atoms with Crippen LogP contribution in [0, 0.1) is 0 Å². The number of pyridine rings is 4. The van der Waals surface area contributed by atoms with Gasteiger partial charge in [-0.15, -0.1) is 0 Å². The Kier molecular flexibility index (Phi) is 9.21. The molecule has 7 rings (SSSR count). The molecule has 0 atom stereocenters. The molecule has 0 spiro atoms. The zero-order valence-corrected chi connectivity index (χ0v) is 26.9. The summed E-state index contributed by atoms with van der Waals surface area (Å²) in [6, 6.07) is 18.4. The van der Waals surface area contributed by atoms with Crippen LogP contribution in [0.15, 0.2) is 98.1 Å². The Morgan fingerprint density at radius 3 is 0.891 bits per heavy atom. The summed E-state index contributed by atoms with van der Waals surface area (Å²) in [6.07, 6.45) is 16.0. The number of fused-ring (bicyclic) bond motifs is 8. The van der Waals surface area contributed by atoms with Crippen molar-refractivity contribution < 1.29 is 0 Å². The summed E-state index contributed by atoms with van der Waals surface area (Å²) in [5, 5.41) is 0. The van der Waals surface area contributed by atoms with E-state index >= 15 is 0 Å². The van der Waals surface area contributed by atoms with Crippen LogP contribution < -0.4 is 0 Å². The molecule has 8 bridgehead atoms. The average molecular weight is 611 g/mol. The van der Waals surface area contributed by atoms with Crippen LogP contribution in [0.25, 0.3) is 0 Å². The van der Waals surface area contributed by atoms with E-state index in [0.29, 0.717) is 0 Å². The van der Waals surface area contributed by atoms with E-state index in [4.69, 9.17) is 0 Å². The van der Waals surface area contributed by atoms with Gasteiger partial charge >= 0.3 is 0 Å². The topological polar surface area (TPSA) is 64.5 Å². The van der Waals surface area contributed by atoms with Gasteiger partial charge in [-0.25, -0.2) is 0 Å². The molecule has 2 aliphatic heterocycles. The van der Waals surface area contributed by atoms with Gasteiger partial charge in [-0.1, -0.05) is 48.5 Å². The lowest BCUT2D eigenvalue weighted by atomic mass is 10.1. The SMILES string of the molecule is CN1Cc2cncc(c2)CN(Cc2ccc(CN3Cc4cncc(c4)CN(C)Cc4cncc(c4)C3)cc2)Cc2cncc(c2)C1. The first-order chi connectivity index (χ1) is 22.5. The summed E-state index contributed by atoms with van der Waals surface area (Å²) in [5.74, 6) is 0. The molecule has 0 amide bonds. The van der Waals surface area contributed by atoms with Crippen LogP contribution in [0.4, 0.5) is 0 Å². The van der Waals surface area contributed by atoms with Gasteiger partial charge in [0.25, 0.3) is 0 Å². The van der Waals surface area contributed by atoms with Gasteiger partial charge in [-0.05, 0) is 69.7 Å². The fraction of sp³-hybridized carbons (Fsp3) is 0.316. The van der Waals surface area contributed by atoms with E-state index in [1.54, 1.807) is 0 Å². The van der Waals surface area contributed by atoms with Crippen molar-refractivity contribution in [3.05, 3.63) is 154 Å². The molecule has 0 N–H and O–H groups in total. The van der Waals surface area contributed by atoms with Gasteiger partial charge < -0.3 is 0 Å². The van der Waals surface area contributed by atoms with E-state index in [9.17, 15) is 0 Å². The van der Waals surface area contributed by atoms with Gasteiger partial charge in [0.2, 0.25) is 0 Å². The van der Waals surface area contributed by atoms with Gasteiger partial charge in [0.1, 0.15) is 0 Å². The molecule has 46 heavy (non-hydrogen) atoms. The summed E-state index contributed by atoms with van der Waals surface area (Å²) in [7, 11) is 4.31. The second-order valence-corrected chi connectivity index (χ2v) is 13.3. The van der Waals surface area contributed by atoms with Crippen molar-refractivity contribution in [2.24, 2.45) is 0 Å². The Morgan fingerprint density at radius 1 is 0.391 bits per heavy atom. The predicted molar refractivity (Wildman–Crippen MR) is 180 cm³/mol. The van der Waals surface area contributed by atoms with Crippen molar-refractivity contribution in [1.29, 1.82) is 0 Å². The number of aromatic nitrogens is 4. The Bertz CT molecular complexity index is 1540. The predicted octanol–water partition coefficient (Wildman–Crippen LogP) is 5.56. The maximum Gasteiger partial charge on any atom is 0.0313 e. The van der Waals surface area contributed by atoms with Crippen LogP contribution in [0.1, 0.15) is 55.6 Å². The number of benzene rings is 1. The minimum absolute atomic E-state index is 0.834. The molecule has 5 aromatic rings. The van der Waals surface area contributed by atoms with Gasteiger partial charge in [0, 0.05) is 115 Å². The molecule has 0 unspecified atom stereocenters. The van der Waals surface area contributed by atoms with Gasteiger partial charge in [-0.2, -0.15) is 0 Å². The quantitative estimate of drug-likeness (QED) is 0.262. The van der Waals surface area contributed by atoms with Crippen molar-refractivity contribution in [2.75, 3.05) is 14.1 Å². The smallest absolute Gasteiger partial charge is 0.0313 e. The Balaban J connectivity index is 1.09. The van der Waals surface area contributed by atoms with Crippen molar-refractivity contribution in [3.63, 3.8) is 0 Å². The lowest BCUT2D eigenvalue weighted by Crippen LogP contribution is -2.25. The van der Waals surface area contributed by atoms with Crippen molar-refractivity contribution >= 4 is 0 Å². The van der Waals surface area contributed by atoms with Crippen molar-refractivity contribution in [1.82, 2.24) is 39.5 Å². The van der Waals surface area contributed by atoms with E-state index in [1.807, 2.05) is 49.6 Å². The second-order valence-electron chi connectivity index (χ2n) is 13.3. The van der Waals surface area contributed by atoms with E-state index in [1.165, 1.54) is 55.6 Å². The molecule has 8 nitrogen and oxygen atoms in total. The molecule has 8 heteroatoms. The normalized spacial score (nSPS) is 16.9. The van der Waals surface area contributed by atoms with Crippen LogP contribution >= 0.6 is 0 Å². The number of rotatable bonds is 4. The minimum atomic E-state index is 0.834. The van der Waals surface area contributed by atoms with E-state index < -0.39 is 0 Å². The molecular weight excluding hydrogens is 568 g/mol. The monoisotopic (exact) mass is 610 g/mol. The lowest BCUT2D eigenvalue weighted by molar-refractivity contribution is 0.243. The van der Waals surface area contributed by atoms with E-state index in [-0.39, 0.29) is 0 Å². The van der Waals surface area contributed by atoms with Crippen LogP contribution in [0.2, 0.25) is 0 Å². The fourth-order valence-electron chi connectivity index (χ4n) is 6.85. The third kappa shape index (κ3) is 8.08. The molecule has 0 fully saturated rings. The van der Waals surface area contributed by atoms with Crippen LogP contribution in [-0.4, -0.2) is 53.6 Å². The summed E-state index contributed by atoms with van der Waals surface area (Å²) in [6.45, 7) is 8.50. The highest BCUT2D eigenvalue weighted by atomic mass is 15.1. The van der Waals surface area contributed by atoms with E-state index in [0.717, 1.165) is 65.4 Å². The summed E-state index contributed by atoms with van der Waals surface area (Å²) < 4.78 is 0. The third-order valence-corrected chi connectivity index (χ3v) is 8.68. The Labute approximate surface area is 272 Å². The zero-order valence-electron chi connectivity index (χ0n) is 26.9. The summed E-state index contributed by atoms with van der Waals surface area (Å²) in [5.41, 5.74) is 12.5. The minimum Gasteiger partial charge on any atom is -0.298 e. The molecule has 6 heterocycles. The Hall–Kier alpha value is -4.34. The second kappa shape index (κ2) is 14.0. The van der Waals surface area contributed by atoms with Gasteiger partial charge in [-0.3, -0.25) is 39.5 Å². The molecular formula is C38H42N8. The molecule has 0 saturated carbocycles. The van der Waals surface area contributed by atoms with Gasteiger partial charge in [0.05, 0.1) is 0 Å². The van der Waals surface area contributed by atoms with Crippen LogP contribution in [-0.2, 0) is 65.4 Å². The van der Waals surface area contributed by atoms with Crippen LogP contribution in [0.3, 0.4) is 0 Å². The molecule has 0 aliphatic carbocycles. The first kappa shape index (κ1) is 30.3. The number of hydrogen-bond donors (Lipinski definition) is 0. The van der Waals surface area contributed by atoms with Crippen molar-refractivity contribution in [3.8, 4) is 0 Å². The first-order valence-electron chi connectivity index (χ1n) is 16.1. The molecule has 0 radical (unpaired) electrons. The molecule has 0 saturated heterocycles. The third-order valence-electron chi connectivity index (χ3n) is 8.68. The van der Waals surface area contributed by atoms with E-state index in [2.05, 4.69) is 102 Å². The molecule has 1 aromatic carbocycles. The molecule has 4 aromatic heterocycles. The standard InChI is InChI=1S/C38H42N8/c1-43-19-31-7-35(15-39-11-31)25-45(26-36-8-32(20-43)12-40-16-36)23-29-3-5-30(6-4-29)24-46-27-37-9-33(13-41-17-37)21-44(2)22-34-10-38(28-46)18-42-14-34/h3-18H,19-28H2,1-2H3. The first-order valence-corrected chi connectivity index (χ1v) is 16.1. The van der Waals surface area contributed by atoms with Gasteiger partial charge in [0.15, 0.2) is 0 Å². The highest BCUT2D eigenvalue weighted by Crippen LogP contribution is 2.21. The number of nitrogens with zero attached hydrogens (tertiary/aromatic N) is 8. The number of hydrogen-bond acceptors (Lipinski definition) is 8.